The van der Waals surface area contributed by atoms with Gasteiger partial charge in [0.25, 0.3) is 0 Å². The highest BCUT2D eigenvalue weighted by molar-refractivity contribution is 9.10. The highest BCUT2D eigenvalue weighted by Crippen LogP contribution is 2.29. The predicted molar refractivity (Wildman–Crippen MR) is 68.5 cm³/mol. The van der Waals surface area contributed by atoms with Crippen LogP contribution < -0.4 is 5.32 Å². The molecule has 1 aliphatic rings. The first-order valence-electron chi connectivity index (χ1n) is 5.78. The number of hydrogen-bond donors (Lipinski definition) is 1. The lowest BCUT2D eigenvalue weighted by Crippen LogP contribution is -2.23. The average Bonchev–Trinajstić information content (AvgIpc) is 2.83. The molecule has 1 aliphatic heterocycles. The van der Waals surface area contributed by atoms with Crippen molar-refractivity contribution in [3.05, 3.63) is 16.4 Å². The highest BCUT2D eigenvalue weighted by atomic mass is 79.9. The lowest BCUT2D eigenvalue weighted by atomic mass is 10.1. The second-order valence-corrected chi connectivity index (χ2v) is 5.41. The summed E-state index contributed by atoms with van der Waals surface area (Å²) in [5, 5.41) is 7.96. The van der Waals surface area contributed by atoms with E-state index in [1.54, 1.807) is 0 Å². The van der Waals surface area contributed by atoms with E-state index in [0.717, 1.165) is 24.1 Å². The maximum atomic E-state index is 4.44. The lowest BCUT2D eigenvalue weighted by molar-refractivity contribution is 0.364. The Morgan fingerprint density at radius 1 is 1.62 bits per heavy atom. The molecule has 0 aliphatic carbocycles. The molecule has 0 spiro atoms. The molecule has 1 unspecified atom stereocenters. The van der Waals surface area contributed by atoms with E-state index in [9.17, 15) is 0 Å². The van der Waals surface area contributed by atoms with Crippen molar-refractivity contribution >= 4 is 15.9 Å². The van der Waals surface area contributed by atoms with Crippen LogP contribution in [0.15, 0.2) is 10.7 Å². The SMILES string of the molecule is CN(C)CCn1ncc(Br)c1C1CCCN1. The molecule has 1 atom stereocenters. The Morgan fingerprint density at radius 3 is 3.06 bits per heavy atom. The fraction of sp³-hybridized carbons (Fsp3) is 0.727. The van der Waals surface area contributed by atoms with Gasteiger partial charge < -0.3 is 10.2 Å². The van der Waals surface area contributed by atoms with Gasteiger partial charge in [0, 0.05) is 6.54 Å². The minimum Gasteiger partial charge on any atom is -0.309 e. The molecule has 2 heterocycles. The summed E-state index contributed by atoms with van der Waals surface area (Å²) >= 11 is 3.60. The largest absolute Gasteiger partial charge is 0.309 e. The van der Waals surface area contributed by atoms with E-state index in [1.165, 1.54) is 18.5 Å². The van der Waals surface area contributed by atoms with Crippen LogP contribution >= 0.6 is 15.9 Å². The van der Waals surface area contributed by atoms with Gasteiger partial charge in [-0.05, 0) is 49.4 Å². The molecule has 0 aromatic carbocycles. The summed E-state index contributed by atoms with van der Waals surface area (Å²) in [6.45, 7) is 3.09. The second-order valence-electron chi connectivity index (χ2n) is 4.55. The predicted octanol–water partition coefficient (Wildman–Crippen LogP) is 1.63. The molecule has 16 heavy (non-hydrogen) atoms. The Bertz CT molecular complexity index is 342. The van der Waals surface area contributed by atoms with E-state index in [-0.39, 0.29) is 0 Å². The van der Waals surface area contributed by atoms with Gasteiger partial charge >= 0.3 is 0 Å². The van der Waals surface area contributed by atoms with Crippen LogP contribution in [0.5, 0.6) is 0 Å². The third-order valence-corrected chi connectivity index (χ3v) is 3.59. The molecule has 4 nitrogen and oxygen atoms in total. The number of likely N-dealkylation sites (N-methyl/N-ethyl adjacent to an activating group) is 1. The van der Waals surface area contributed by atoms with Crippen molar-refractivity contribution in [3.8, 4) is 0 Å². The standard InChI is InChI=1S/C11H19BrN4/c1-15(2)6-7-16-11(9(12)8-14-16)10-4-3-5-13-10/h8,10,13H,3-7H2,1-2H3. The quantitative estimate of drug-likeness (QED) is 0.913. The molecular formula is C11H19BrN4. The van der Waals surface area contributed by atoms with E-state index in [1.807, 2.05) is 6.20 Å². The molecule has 1 fully saturated rings. The lowest BCUT2D eigenvalue weighted by Gasteiger charge is -2.16. The molecule has 0 radical (unpaired) electrons. The topological polar surface area (TPSA) is 33.1 Å². The summed E-state index contributed by atoms with van der Waals surface area (Å²) < 4.78 is 3.25. The van der Waals surface area contributed by atoms with Gasteiger partial charge in [-0.2, -0.15) is 5.10 Å². The summed E-state index contributed by atoms with van der Waals surface area (Å²) in [6.07, 6.45) is 4.38. The fourth-order valence-electron chi connectivity index (χ4n) is 2.11. The third-order valence-electron chi connectivity index (χ3n) is 2.98. The van der Waals surface area contributed by atoms with Crippen LogP contribution in [0.1, 0.15) is 24.6 Å². The first-order valence-corrected chi connectivity index (χ1v) is 6.57. The Morgan fingerprint density at radius 2 is 2.44 bits per heavy atom. The number of hydrogen-bond acceptors (Lipinski definition) is 3. The zero-order chi connectivity index (χ0) is 11.5. The maximum absolute atomic E-state index is 4.44. The van der Waals surface area contributed by atoms with Crippen molar-refractivity contribution < 1.29 is 0 Å². The van der Waals surface area contributed by atoms with Crippen LogP contribution in [0.3, 0.4) is 0 Å². The van der Waals surface area contributed by atoms with Crippen molar-refractivity contribution in [1.29, 1.82) is 0 Å². The van der Waals surface area contributed by atoms with E-state index in [4.69, 9.17) is 0 Å². The summed E-state index contributed by atoms with van der Waals surface area (Å²) in [5.41, 5.74) is 1.30. The molecule has 2 rings (SSSR count). The Hall–Kier alpha value is -0.390. The zero-order valence-electron chi connectivity index (χ0n) is 9.91. The van der Waals surface area contributed by atoms with Gasteiger partial charge in [0.1, 0.15) is 0 Å². The fourth-order valence-corrected chi connectivity index (χ4v) is 2.68. The van der Waals surface area contributed by atoms with Gasteiger partial charge in [0.2, 0.25) is 0 Å². The highest BCUT2D eigenvalue weighted by Gasteiger charge is 2.22. The summed E-state index contributed by atoms with van der Waals surface area (Å²) in [4.78, 5) is 2.18. The van der Waals surface area contributed by atoms with Crippen molar-refractivity contribution in [2.45, 2.75) is 25.4 Å². The maximum Gasteiger partial charge on any atom is 0.0696 e. The van der Waals surface area contributed by atoms with Gasteiger partial charge in [-0.15, -0.1) is 0 Å². The minimum absolute atomic E-state index is 0.471. The number of rotatable bonds is 4. The van der Waals surface area contributed by atoms with E-state index in [0.29, 0.717) is 6.04 Å². The average molecular weight is 287 g/mol. The molecule has 1 saturated heterocycles. The molecular weight excluding hydrogens is 268 g/mol. The number of nitrogens with one attached hydrogen (secondary N) is 1. The van der Waals surface area contributed by atoms with Crippen molar-refractivity contribution in [1.82, 2.24) is 20.0 Å². The van der Waals surface area contributed by atoms with Crippen molar-refractivity contribution in [2.75, 3.05) is 27.2 Å². The molecule has 1 aromatic heterocycles. The summed E-state index contributed by atoms with van der Waals surface area (Å²) in [6, 6.07) is 0.471. The van der Waals surface area contributed by atoms with Crippen LogP contribution in [0.4, 0.5) is 0 Å². The third kappa shape index (κ3) is 2.64. The summed E-state index contributed by atoms with van der Waals surface area (Å²) in [5.74, 6) is 0. The second kappa shape index (κ2) is 5.29. The number of aromatic nitrogens is 2. The molecule has 0 bridgehead atoms. The summed E-state index contributed by atoms with van der Waals surface area (Å²) in [7, 11) is 4.18. The van der Waals surface area contributed by atoms with Crippen LogP contribution in [0.25, 0.3) is 0 Å². The van der Waals surface area contributed by atoms with Crippen LogP contribution in [-0.2, 0) is 6.54 Å². The minimum atomic E-state index is 0.471. The van der Waals surface area contributed by atoms with E-state index < -0.39 is 0 Å². The molecule has 1 N–H and O–H groups in total. The Balaban J connectivity index is 2.11. The smallest absolute Gasteiger partial charge is 0.0696 e. The molecule has 1 aromatic rings. The Kier molecular flexibility index (Phi) is 4.00. The number of nitrogens with zero attached hydrogens (tertiary/aromatic N) is 3. The molecule has 0 amide bonds. The van der Waals surface area contributed by atoms with E-state index in [2.05, 4.69) is 50.0 Å². The molecule has 90 valence electrons. The van der Waals surface area contributed by atoms with E-state index >= 15 is 0 Å². The van der Waals surface area contributed by atoms with Gasteiger partial charge in [-0.25, -0.2) is 0 Å². The van der Waals surface area contributed by atoms with Gasteiger partial charge in [-0.1, -0.05) is 0 Å². The molecule has 5 heteroatoms. The molecule has 0 saturated carbocycles. The van der Waals surface area contributed by atoms with Gasteiger partial charge in [-0.3, -0.25) is 4.68 Å². The normalized spacial score (nSPS) is 20.9. The zero-order valence-corrected chi connectivity index (χ0v) is 11.5. The number of halogens is 1. The van der Waals surface area contributed by atoms with Crippen LogP contribution in [-0.4, -0.2) is 41.9 Å². The first kappa shape index (κ1) is 12.1. The van der Waals surface area contributed by atoms with Crippen molar-refractivity contribution in [3.63, 3.8) is 0 Å². The van der Waals surface area contributed by atoms with Crippen LogP contribution in [0.2, 0.25) is 0 Å². The first-order chi connectivity index (χ1) is 7.68. The van der Waals surface area contributed by atoms with Gasteiger partial charge in [0.05, 0.1) is 29.0 Å². The van der Waals surface area contributed by atoms with Crippen LogP contribution in [0, 0.1) is 0 Å². The van der Waals surface area contributed by atoms with Gasteiger partial charge in [0.15, 0.2) is 0 Å². The monoisotopic (exact) mass is 286 g/mol. The Labute approximate surface area is 105 Å². The van der Waals surface area contributed by atoms with Crippen molar-refractivity contribution in [2.24, 2.45) is 0 Å².